The Morgan fingerprint density at radius 2 is 1.90 bits per heavy atom. The van der Waals surface area contributed by atoms with Crippen LogP contribution in [-0.2, 0) is 9.53 Å². The Kier molecular flexibility index (Phi) is 7.97. The molecule has 0 radical (unpaired) electrons. The summed E-state index contributed by atoms with van der Waals surface area (Å²) in [7, 11) is 0. The van der Waals surface area contributed by atoms with E-state index in [1.807, 2.05) is 0 Å². The van der Waals surface area contributed by atoms with Crippen molar-refractivity contribution in [2.45, 2.75) is 59.3 Å². The molecule has 0 atom stereocenters. The molecular weight excluding hydrogens is 288 g/mol. The summed E-state index contributed by atoms with van der Waals surface area (Å²) >= 11 is 1.17. The lowest BCUT2D eigenvalue weighted by Crippen LogP contribution is -2.10. The van der Waals surface area contributed by atoms with Crippen molar-refractivity contribution in [1.29, 1.82) is 0 Å². The van der Waals surface area contributed by atoms with E-state index < -0.39 is 0 Å². The predicted molar refractivity (Wildman–Crippen MR) is 84.8 cm³/mol. The third kappa shape index (κ3) is 6.25. The van der Waals surface area contributed by atoms with Crippen LogP contribution in [0, 0.1) is 6.92 Å². The Morgan fingerprint density at radius 1 is 1.19 bits per heavy atom. The molecule has 0 aromatic carbocycles. The Labute approximate surface area is 130 Å². The normalized spacial score (nSPS) is 10.4. The van der Waals surface area contributed by atoms with Crippen molar-refractivity contribution in [2.24, 2.45) is 0 Å². The summed E-state index contributed by atoms with van der Waals surface area (Å²) in [6, 6.07) is 0. The number of esters is 1. The fourth-order valence-electron chi connectivity index (χ4n) is 1.91. The third-order valence-corrected chi connectivity index (χ3v) is 4.06. The molecule has 0 saturated heterocycles. The molecule has 0 aliphatic rings. The number of thiazole rings is 1. The largest absolute Gasteiger partial charge is 0.462 e. The van der Waals surface area contributed by atoms with Crippen LogP contribution < -0.4 is 5.32 Å². The fraction of sp³-hybridized carbons (Fsp3) is 0.667. The van der Waals surface area contributed by atoms with Crippen molar-refractivity contribution in [3.05, 3.63) is 10.6 Å². The summed E-state index contributed by atoms with van der Waals surface area (Å²) in [6.45, 7) is 5.99. The van der Waals surface area contributed by atoms with Crippen LogP contribution in [0.15, 0.2) is 0 Å². The SMILES string of the molecule is CCCCCCCC(=O)Nc1nc(C)c(C(=O)OCC)s1. The van der Waals surface area contributed by atoms with Crippen LogP contribution in [0.5, 0.6) is 0 Å². The number of carbonyl (C=O) groups is 2. The first kappa shape index (κ1) is 17.6. The maximum absolute atomic E-state index is 11.8. The number of amides is 1. The molecule has 0 spiro atoms. The summed E-state index contributed by atoms with van der Waals surface area (Å²) < 4.78 is 4.95. The lowest BCUT2D eigenvalue weighted by Gasteiger charge is -2.01. The van der Waals surface area contributed by atoms with Gasteiger partial charge in [-0.1, -0.05) is 43.9 Å². The molecule has 0 aliphatic heterocycles. The van der Waals surface area contributed by atoms with Gasteiger partial charge in [0.1, 0.15) is 4.88 Å². The molecule has 1 amide bonds. The first-order chi connectivity index (χ1) is 10.1. The van der Waals surface area contributed by atoms with Gasteiger partial charge in [-0.2, -0.15) is 0 Å². The van der Waals surface area contributed by atoms with Gasteiger partial charge in [-0.15, -0.1) is 0 Å². The van der Waals surface area contributed by atoms with Gasteiger partial charge in [0.15, 0.2) is 5.13 Å². The monoisotopic (exact) mass is 312 g/mol. The van der Waals surface area contributed by atoms with Gasteiger partial charge >= 0.3 is 5.97 Å². The van der Waals surface area contributed by atoms with Gasteiger partial charge in [0.05, 0.1) is 12.3 Å². The lowest BCUT2D eigenvalue weighted by molar-refractivity contribution is -0.116. The smallest absolute Gasteiger partial charge is 0.350 e. The second kappa shape index (κ2) is 9.50. The van der Waals surface area contributed by atoms with Gasteiger partial charge < -0.3 is 10.1 Å². The number of nitrogens with one attached hydrogen (secondary N) is 1. The lowest BCUT2D eigenvalue weighted by atomic mass is 10.1. The number of hydrogen-bond acceptors (Lipinski definition) is 5. The number of hydrogen-bond donors (Lipinski definition) is 1. The summed E-state index contributed by atoms with van der Waals surface area (Å²) in [4.78, 5) is 28.1. The number of aromatic nitrogens is 1. The highest BCUT2D eigenvalue weighted by Crippen LogP contribution is 2.23. The van der Waals surface area contributed by atoms with E-state index in [1.165, 1.54) is 30.6 Å². The van der Waals surface area contributed by atoms with Crippen molar-refractivity contribution >= 4 is 28.3 Å². The summed E-state index contributed by atoms with van der Waals surface area (Å²) in [6.07, 6.45) is 6.05. The highest BCUT2D eigenvalue weighted by Gasteiger charge is 2.17. The molecule has 1 rings (SSSR count). The molecule has 1 N–H and O–H groups in total. The highest BCUT2D eigenvalue weighted by atomic mass is 32.1. The molecule has 118 valence electrons. The van der Waals surface area contributed by atoms with Crippen LogP contribution in [0.1, 0.15) is 67.7 Å². The predicted octanol–water partition coefficient (Wildman–Crippen LogP) is 3.93. The van der Waals surface area contributed by atoms with E-state index >= 15 is 0 Å². The Hall–Kier alpha value is -1.43. The number of carbonyl (C=O) groups excluding carboxylic acids is 2. The summed E-state index contributed by atoms with van der Waals surface area (Å²) in [5, 5.41) is 3.22. The maximum atomic E-state index is 11.8. The molecule has 1 heterocycles. The zero-order valence-electron chi connectivity index (χ0n) is 13.0. The van der Waals surface area contributed by atoms with E-state index in [9.17, 15) is 9.59 Å². The molecule has 0 unspecified atom stereocenters. The number of ether oxygens (including phenoxy) is 1. The van der Waals surface area contributed by atoms with Crippen LogP contribution in [0.4, 0.5) is 5.13 Å². The van der Waals surface area contributed by atoms with Gasteiger partial charge in [-0.25, -0.2) is 9.78 Å². The minimum atomic E-state index is -0.382. The molecule has 6 heteroatoms. The highest BCUT2D eigenvalue weighted by molar-refractivity contribution is 7.17. The zero-order chi connectivity index (χ0) is 15.7. The van der Waals surface area contributed by atoms with Crippen molar-refractivity contribution in [3.8, 4) is 0 Å². The summed E-state index contributed by atoms with van der Waals surface area (Å²) in [5.41, 5.74) is 0.594. The maximum Gasteiger partial charge on any atom is 0.350 e. The quantitative estimate of drug-likeness (QED) is 0.554. The van der Waals surface area contributed by atoms with Crippen LogP contribution in [0.25, 0.3) is 0 Å². The standard InChI is InChI=1S/C15H24N2O3S/c1-4-6-7-8-9-10-12(18)17-15-16-11(3)13(21-15)14(19)20-5-2/h4-10H2,1-3H3,(H,16,17,18). The fourth-order valence-corrected chi connectivity index (χ4v) is 2.78. The average molecular weight is 312 g/mol. The van der Waals surface area contributed by atoms with E-state index in [0.717, 1.165) is 12.8 Å². The molecule has 1 aromatic rings. The Bertz CT molecular complexity index is 471. The molecule has 1 aromatic heterocycles. The van der Waals surface area contributed by atoms with Crippen molar-refractivity contribution in [3.63, 3.8) is 0 Å². The molecule has 0 aliphatic carbocycles. The number of aryl methyl sites for hydroxylation is 1. The number of anilines is 1. The first-order valence-corrected chi connectivity index (χ1v) is 8.34. The molecule has 0 saturated carbocycles. The van der Waals surface area contributed by atoms with Gasteiger partial charge in [0.25, 0.3) is 0 Å². The van der Waals surface area contributed by atoms with Crippen molar-refractivity contribution in [2.75, 3.05) is 11.9 Å². The molecule has 5 nitrogen and oxygen atoms in total. The van der Waals surface area contributed by atoms with Gasteiger partial charge in [0, 0.05) is 6.42 Å². The van der Waals surface area contributed by atoms with Crippen molar-refractivity contribution < 1.29 is 14.3 Å². The number of unbranched alkanes of at least 4 members (excludes halogenated alkanes) is 4. The minimum Gasteiger partial charge on any atom is -0.462 e. The van der Waals surface area contributed by atoms with Crippen molar-refractivity contribution in [1.82, 2.24) is 4.98 Å². The second-order valence-corrected chi connectivity index (χ2v) is 5.87. The molecule has 0 bridgehead atoms. The van der Waals surface area contributed by atoms with E-state index in [4.69, 9.17) is 4.74 Å². The van der Waals surface area contributed by atoms with Gasteiger partial charge in [-0.05, 0) is 20.3 Å². The minimum absolute atomic E-state index is 0.0457. The van der Waals surface area contributed by atoms with Gasteiger partial charge in [-0.3, -0.25) is 4.79 Å². The first-order valence-electron chi connectivity index (χ1n) is 7.52. The van der Waals surface area contributed by atoms with E-state index in [1.54, 1.807) is 13.8 Å². The molecule has 21 heavy (non-hydrogen) atoms. The Morgan fingerprint density at radius 3 is 2.57 bits per heavy atom. The van der Waals surface area contributed by atoms with Crippen LogP contribution in [0.3, 0.4) is 0 Å². The second-order valence-electron chi connectivity index (χ2n) is 4.87. The molecule has 0 fully saturated rings. The van der Waals surface area contributed by atoms with E-state index in [0.29, 0.717) is 28.7 Å². The van der Waals surface area contributed by atoms with E-state index in [-0.39, 0.29) is 11.9 Å². The number of rotatable bonds is 9. The average Bonchev–Trinajstić information content (AvgIpc) is 2.79. The van der Waals surface area contributed by atoms with E-state index in [2.05, 4.69) is 17.2 Å². The van der Waals surface area contributed by atoms with Crippen LogP contribution in [-0.4, -0.2) is 23.5 Å². The van der Waals surface area contributed by atoms with Crippen LogP contribution in [0.2, 0.25) is 0 Å². The van der Waals surface area contributed by atoms with Gasteiger partial charge in [0.2, 0.25) is 5.91 Å². The summed E-state index contributed by atoms with van der Waals surface area (Å²) in [5.74, 6) is -0.428. The topological polar surface area (TPSA) is 68.3 Å². The van der Waals surface area contributed by atoms with Crippen LogP contribution >= 0.6 is 11.3 Å². The number of nitrogens with zero attached hydrogens (tertiary/aromatic N) is 1. The zero-order valence-corrected chi connectivity index (χ0v) is 13.8. The third-order valence-electron chi connectivity index (χ3n) is 3.01. The molecular formula is C15H24N2O3S. The Balaban J connectivity index is 2.42.